The number of nitrogens with one attached hydrogen (secondary N) is 1. The van der Waals surface area contributed by atoms with E-state index in [9.17, 15) is 18.0 Å². The number of alkyl halides is 3. The summed E-state index contributed by atoms with van der Waals surface area (Å²) in [7, 11) is 0. The molecule has 0 saturated heterocycles. The van der Waals surface area contributed by atoms with Crippen LogP contribution >= 0.6 is 0 Å². The van der Waals surface area contributed by atoms with Gasteiger partial charge in [-0.2, -0.15) is 13.2 Å². The van der Waals surface area contributed by atoms with Gasteiger partial charge in [-0.15, -0.1) is 0 Å². The van der Waals surface area contributed by atoms with Crippen LogP contribution in [0.2, 0.25) is 0 Å². The number of carbonyl (C=O) groups excluding carboxylic acids is 1. The number of anilines is 1. The summed E-state index contributed by atoms with van der Waals surface area (Å²) in [5.41, 5.74) is -0.525. The third kappa shape index (κ3) is 4.11. The number of halogens is 3. The number of carbonyl (C=O) groups is 1. The fourth-order valence-electron chi connectivity index (χ4n) is 1.72. The summed E-state index contributed by atoms with van der Waals surface area (Å²) in [5, 5.41) is 2.47. The van der Waals surface area contributed by atoms with Gasteiger partial charge in [0.2, 0.25) is 0 Å². The van der Waals surface area contributed by atoms with E-state index in [1.165, 1.54) is 18.2 Å². The third-order valence-electron chi connectivity index (χ3n) is 2.80. The van der Waals surface area contributed by atoms with Crippen LogP contribution in [0.15, 0.2) is 40.8 Å². The van der Waals surface area contributed by atoms with Crippen LogP contribution in [0.3, 0.4) is 0 Å². The van der Waals surface area contributed by atoms with Gasteiger partial charge < -0.3 is 14.5 Å². The van der Waals surface area contributed by atoms with Crippen LogP contribution in [-0.2, 0) is 17.5 Å². The van der Waals surface area contributed by atoms with Gasteiger partial charge in [-0.3, -0.25) is 4.79 Å². The summed E-state index contributed by atoms with van der Waals surface area (Å²) in [6.45, 7) is 2.61. The van der Waals surface area contributed by atoms with Crippen LogP contribution in [0.25, 0.3) is 0 Å². The normalized spacial score (nSPS) is 11.5. The average Bonchev–Trinajstić information content (AvgIpc) is 2.93. The lowest BCUT2D eigenvalue weighted by Gasteiger charge is -2.08. The van der Waals surface area contributed by atoms with Crippen molar-refractivity contribution in [2.24, 2.45) is 0 Å². The van der Waals surface area contributed by atoms with Crippen LogP contribution in [0, 0.1) is 0 Å². The first-order valence-electron chi connectivity index (χ1n) is 6.55. The van der Waals surface area contributed by atoms with E-state index >= 15 is 0 Å². The van der Waals surface area contributed by atoms with Gasteiger partial charge in [0, 0.05) is 12.3 Å². The highest BCUT2D eigenvalue weighted by Gasteiger charge is 2.30. The highest BCUT2D eigenvalue weighted by atomic mass is 19.4. The van der Waals surface area contributed by atoms with Crippen molar-refractivity contribution in [1.82, 2.24) is 0 Å². The maximum absolute atomic E-state index is 12.4. The van der Waals surface area contributed by atoms with Gasteiger partial charge in [0.25, 0.3) is 5.91 Å². The highest BCUT2D eigenvalue weighted by molar-refractivity contribution is 6.02. The zero-order valence-electron chi connectivity index (χ0n) is 11.7. The van der Waals surface area contributed by atoms with Crippen molar-refractivity contribution in [2.75, 3.05) is 11.9 Å². The van der Waals surface area contributed by atoms with Crippen molar-refractivity contribution in [3.05, 3.63) is 53.5 Å². The Morgan fingerprint density at radius 2 is 1.86 bits per heavy atom. The summed E-state index contributed by atoms with van der Waals surface area (Å²) in [6, 6.07) is 7.26. The highest BCUT2D eigenvalue weighted by Crippen LogP contribution is 2.29. The Labute approximate surface area is 124 Å². The molecular weight excluding hydrogens is 299 g/mol. The number of benzene rings is 1. The standard InChI is InChI=1S/C15H14F3NO3/c1-2-21-9-12-7-8-13(22-12)14(20)19-11-5-3-10(4-6-11)15(16,17)18/h3-8H,2,9H2,1H3,(H,19,20). The lowest BCUT2D eigenvalue weighted by molar-refractivity contribution is -0.137. The fourth-order valence-corrected chi connectivity index (χ4v) is 1.72. The molecule has 0 bridgehead atoms. The summed E-state index contributed by atoms with van der Waals surface area (Å²) in [4.78, 5) is 11.9. The van der Waals surface area contributed by atoms with E-state index in [1.807, 2.05) is 6.92 Å². The molecule has 2 aromatic rings. The minimum absolute atomic E-state index is 0.0644. The van der Waals surface area contributed by atoms with Crippen LogP contribution < -0.4 is 5.32 Å². The van der Waals surface area contributed by atoms with Crippen LogP contribution in [0.4, 0.5) is 18.9 Å². The number of hydrogen-bond acceptors (Lipinski definition) is 3. The minimum atomic E-state index is -4.41. The van der Waals surface area contributed by atoms with E-state index in [1.54, 1.807) is 6.07 Å². The van der Waals surface area contributed by atoms with Crippen molar-refractivity contribution >= 4 is 11.6 Å². The van der Waals surface area contributed by atoms with Gasteiger partial charge in [0.05, 0.1) is 5.56 Å². The molecule has 22 heavy (non-hydrogen) atoms. The fraction of sp³-hybridized carbons (Fsp3) is 0.267. The monoisotopic (exact) mass is 313 g/mol. The molecule has 7 heteroatoms. The number of ether oxygens (including phenoxy) is 1. The topological polar surface area (TPSA) is 51.5 Å². The van der Waals surface area contributed by atoms with E-state index < -0.39 is 17.6 Å². The molecule has 0 aliphatic heterocycles. The summed E-state index contributed by atoms with van der Waals surface area (Å²) < 4.78 is 47.7. The maximum atomic E-state index is 12.4. The first-order chi connectivity index (χ1) is 10.4. The Morgan fingerprint density at radius 3 is 2.45 bits per heavy atom. The van der Waals surface area contributed by atoms with Crippen LogP contribution in [0.5, 0.6) is 0 Å². The SMILES string of the molecule is CCOCc1ccc(C(=O)Nc2ccc(C(F)(F)F)cc2)o1. The van der Waals surface area contributed by atoms with Crippen molar-refractivity contribution in [3.63, 3.8) is 0 Å². The molecule has 1 aromatic carbocycles. The molecule has 0 unspecified atom stereocenters. The molecular formula is C15H14F3NO3. The molecule has 1 aromatic heterocycles. The summed E-state index contributed by atoms with van der Waals surface area (Å²) in [6.07, 6.45) is -4.41. The molecule has 118 valence electrons. The summed E-state index contributed by atoms with van der Waals surface area (Å²) >= 11 is 0. The molecule has 0 fully saturated rings. The molecule has 1 amide bonds. The molecule has 0 radical (unpaired) electrons. The van der Waals surface area contributed by atoms with Gasteiger partial charge in [0.1, 0.15) is 12.4 Å². The van der Waals surface area contributed by atoms with Gasteiger partial charge in [-0.05, 0) is 43.3 Å². The predicted octanol–water partition coefficient (Wildman–Crippen LogP) is 4.09. The number of rotatable bonds is 5. The van der Waals surface area contributed by atoms with Crippen molar-refractivity contribution in [2.45, 2.75) is 19.7 Å². The third-order valence-corrected chi connectivity index (χ3v) is 2.80. The largest absolute Gasteiger partial charge is 0.453 e. The lowest BCUT2D eigenvalue weighted by atomic mass is 10.2. The molecule has 0 atom stereocenters. The lowest BCUT2D eigenvalue weighted by Crippen LogP contribution is -2.11. The quantitative estimate of drug-likeness (QED) is 0.904. The predicted molar refractivity (Wildman–Crippen MR) is 73.4 cm³/mol. The Bertz CT molecular complexity index is 632. The summed E-state index contributed by atoms with van der Waals surface area (Å²) in [5.74, 6) is 0.0246. The zero-order valence-corrected chi connectivity index (χ0v) is 11.7. The smallest absolute Gasteiger partial charge is 0.416 e. The molecule has 2 rings (SSSR count). The molecule has 4 nitrogen and oxygen atoms in total. The van der Waals surface area contributed by atoms with E-state index in [4.69, 9.17) is 9.15 Å². The van der Waals surface area contributed by atoms with Crippen LogP contribution in [-0.4, -0.2) is 12.5 Å². The Kier molecular flexibility index (Phi) is 4.87. The van der Waals surface area contributed by atoms with E-state index in [2.05, 4.69) is 5.32 Å². The number of furan rings is 1. The van der Waals surface area contributed by atoms with Gasteiger partial charge >= 0.3 is 6.18 Å². The minimum Gasteiger partial charge on any atom is -0.453 e. The molecule has 0 saturated carbocycles. The van der Waals surface area contributed by atoms with Crippen molar-refractivity contribution in [3.8, 4) is 0 Å². The number of hydrogen-bond donors (Lipinski definition) is 1. The Hall–Kier alpha value is -2.28. The first kappa shape index (κ1) is 16.1. The number of amides is 1. The van der Waals surface area contributed by atoms with E-state index in [0.29, 0.717) is 12.4 Å². The molecule has 0 aliphatic carbocycles. The van der Waals surface area contributed by atoms with Gasteiger partial charge in [-0.1, -0.05) is 0 Å². The van der Waals surface area contributed by atoms with E-state index in [0.717, 1.165) is 12.1 Å². The second-order valence-corrected chi connectivity index (χ2v) is 4.43. The average molecular weight is 313 g/mol. The second kappa shape index (κ2) is 6.65. The maximum Gasteiger partial charge on any atom is 0.416 e. The van der Waals surface area contributed by atoms with Crippen LogP contribution in [0.1, 0.15) is 28.8 Å². The Balaban J connectivity index is 2.01. The molecule has 0 aliphatic rings. The second-order valence-electron chi connectivity index (χ2n) is 4.43. The molecule has 0 spiro atoms. The first-order valence-corrected chi connectivity index (χ1v) is 6.55. The van der Waals surface area contributed by atoms with Gasteiger partial charge in [-0.25, -0.2) is 0 Å². The van der Waals surface area contributed by atoms with E-state index in [-0.39, 0.29) is 18.1 Å². The Morgan fingerprint density at radius 1 is 1.18 bits per heavy atom. The van der Waals surface area contributed by atoms with Crippen molar-refractivity contribution in [1.29, 1.82) is 0 Å². The molecule has 1 heterocycles. The zero-order chi connectivity index (χ0) is 16.2. The van der Waals surface area contributed by atoms with Gasteiger partial charge in [0.15, 0.2) is 5.76 Å². The molecule has 1 N–H and O–H groups in total. The van der Waals surface area contributed by atoms with Crippen molar-refractivity contribution < 1.29 is 27.1 Å².